The first-order valence-electron chi connectivity index (χ1n) is 8.66. The van der Waals surface area contributed by atoms with Crippen molar-refractivity contribution in [3.8, 4) is 5.75 Å². The van der Waals surface area contributed by atoms with Crippen LogP contribution in [0.4, 0.5) is 0 Å². The van der Waals surface area contributed by atoms with Crippen LogP contribution >= 0.6 is 0 Å². The number of hydrogen-bond acceptors (Lipinski definition) is 6. The number of nitrogens with zero attached hydrogens (tertiary/aromatic N) is 1. The van der Waals surface area contributed by atoms with Gasteiger partial charge in [0.2, 0.25) is 0 Å². The zero-order valence-corrected chi connectivity index (χ0v) is 15.7. The maximum Gasteiger partial charge on any atom is 0.196 e. The largest absolute Gasteiger partial charge is 0.507 e. The second-order valence-electron chi connectivity index (χ2n) is 6.86. The molecular weight excluding hydrogens is 334 g/mol. The SMILES string of the molecule is Cc1cc2c(=O)c(CCC(=O)CCCN(C)C)c(C)oc2c(C=O)c1O. The van der Waals surface area contributed by atoms with Crippen LogP contribution in [0.1, 0.15) is 46.5 Å². The number of carbonyl (C=O) groups excluding carboxylic acids is 2. The van der Waals surface area contributed by atoms with E-state index in [9.17, 15) is 19.5 Å². The first kappa shape index (κ1) is 19.8. The fraction of sp³-hybridized carbons (Fsp3) is 0.450. The van der Waals surface area contributed by atoms with E-state index in [4.69, 9.17) is 4.42 Å². The van der Waals surface area contributed by atoms with Crippen LogP contribution in [0.25, 0.3) is 11.0 Å². The molecule has 140 valence electrons. The third kappa shape index (κ3) is 4.19. The Kier molecular flexibility index (Phi) is 6.32. The monoisotopic (exact) mass is 359 g/mol. The van der Waals surface area contributed by atoms with Gasteiger partial charge in [0.1, 0.15) is 17.3 Å². The number of aryl methyl sites for hydroxylation is 2. The normalized spacial score (nSPS) is 11.3. The summed E-state index contributed by atoms with van der Waals surface area (Å²) >= 11 is 0. The summed E-state index contributed by atoms with van der Waals surface area (Å²) in [6.07, 6.45) is 2.35. The summed E-state index contributed by atoms with van der Waals surface area (Å²) < 4.78 is 5.67. The number of phenolic OH excluding ortho intramolecular Hbond substituents is 1. The Hall–Kier alpha value is -2.47. The van der Waals surface area contributed by atoms with E-state index in [0.29, 0.717) is 36.0 Å². The predicted octanol–water partition coefficient (Wildman–Crippen LogP) is 2.77. The van der Waals surface area contributed by atoms with E-state index in [-0.39, 0.29) is 39.9 Å². The predicted molar refractivity (Wildman–Crippen MR) is 100 cm³/mol. The highest BCUT2D eigenvalue weighted by Gasteiger charge is 2.18. The van der Waals surface area contributed by atoms with Gasteiger partial charge in [-0.15, -0.1) is 0 Å². The van der Waals surface area contributed by atoms with Crippen molar-refractivity contribution >= 4 is 23.0 Å². The summed E-state index contributed by atoms with van der Waals surface area (Å²) in [7, 11) is 3.92. The summed E-state index contributed by atoms with van der Waals surface area (Å²) in [6, 6.07) is 1.52. The summed E-state index contributed by atoms with van der Waals surface area (Å²) in [5.41, 5.74) is 0.691. The van der Waals surface area contributed by atoms with Gasteiger partial charge in [0, 0.05) is 18.4 Å². The van der Waals surface area contributed by atoms with Gasteiger partial charge in [-0.2, -0.15) is 0 Å². The van der Waals surface area contributed by atoms with Crippen molar-refractivity contribution in [3.63, 3.8) is 0 Å². The van der Waals surface area contributed by atoms with Gasteiger partial charge in [0.25, 0.3) is 0 Å². The third-order valence-corrected chi connectivity index (χ3v) is 4.51. The van der Waals surface area contributed by atoms with Gasteiger partial charge < -0.3 is 14.4 Å². The summed E-state index contributed by atoms with van der Waals surface area (Å²) in [6.45, 7) is 4.10. The molecule has 6 nitrogen and oxygen atoms in total. The molecule has 0 radical (unpaired) electrons. The molecule has 2 aromatic rings. The number of hydrogen-bond donors (Lipinski definition) is 1. The van der Waals surface area contributed by atoms with Gasteiger partial charge in [0.15, 0.2) is 17.3 Å². The zero-order chi connectivity index (χ0) is 19.4. The van der Waals surface area contributed by atoms with Crippen LogP contribution in [-0.2, 0) is 11.2 Å². The Labute approximate surface area is 152 Å². The number of benzene rings is 1. The molecule has 6 heteroatoms. The van der Waals surface area contributed by atoms with Crippen molar-refractivity contribution in [2.75, 3.05) is 20.6 Å². The number of rotatable bonds is 8. The Morgan fingerprint density at radius 1 is 1.27 bits per heavy atom. The lowest BCUT2D eigenvalue weighted by atomic mass is 10.00. The summed E-state index contributed by atoms with van der Waals surface area (Å²) in [5, 5.41) is 10.3. The molecule has 2 rings (SSSR count). The number of ketones is 1. The van der Waals surface area contributed by atoms with Crippen LogP contribution in [0, 0.1) is 13.8 Å². The van der Waals surface area contributed by atoms with Gasteiger partial charge in [-0.3, -0.25) is 14.4 Å². The van der Waals surface area contributed by atoms with E-state index in [0.717, 1.165) is 13.0 Å². The Morgan fingerprint density at radius 2 is 1.96 bits per heavy atom. The molecule has 0 unspecified atom stereocenters. The fourth-order valence-electron chi connectivity index (χ4n) is 3.01. The van der Waals surface area contributed by atoms with E-state index in [1.807, 2.05) is 19.0 Å². The first-order chi connectivity index (χ1) is 12.3. The number of Topliss-reactive ketones (excluding diaryl/α,β-unsaturated/α-hetero) is 1. The van der Waals surface area contributed by atoms with E-state index >= 15 is 0 Å². The van der Waals surface area contributed by atoms with Crippen LogP contribution in [0.3, 0.4) is 0 Å². The number of aromatic hydroxyl groups is 1. The molecule has 0 spiro atoms. The highest BCUT2D eigenvalue weighted by Crippen LogP contribution is 2.29. The van der Waals surface area contributed by atoms with Crippen LogP contribution in [0.5, 0.6) is 5.75 Å². The average Bonchev–Trinajstić information content (AvgIpc) is 2.57. The van der Waals surface area contributed by atoms with Crippen LogP contribution < -0.4 is 5.43 Å². The first-order valence-corrected chi connectivity index (χ1v) is 8.66. The molecule has 0 fully saturated rings. The summed E-state index contributed by atoms with van der Waals surface area (Å²) in [5.74, 6) is 0.301. The van der Waals surface area contributed by atoms with Crippen LogP contribution in [0.15, 0.2) is 15.3 Å². The second kappa shape index (κ2) is 8.27. The minimum atomic E-state index is -0.254. The van der Waals surface area contributed by atoms with Gasteiger partial charge in [-0.1, -0.05) is 0 Å². The molecule has 0 atom stereocenters. The van der Waals surface area contributed by atoms with Crippen LogP contribution in [0.2, 0.25) is 0 Å². The molecule has 1 aromatic heterocycles. The third-order valence-electron chi connectivity index (χ3n) is 4.51. The highest BCUT2D eigenvalue weighted by molar-refractivity contribution is 5.98. The van der Waals surface area contributed by atoms with Gasteiger partial charge >= 0.3 is 0 Å². The molecule has 0 aliphatic heterocycles. The molecule has 0 aliphatic carbocycles. The quantitative estimate of drug-likeness (QED) is 0.729. The minimum Gasteiger partial charge on any atom is -0.507 e. The van der Waals surface area contributed by atoms with Crippen molar-refractivity contribution < 1.29 is 19.1 Å². The molecule has 0 saturated carbocycles. The average molecular weight is 359 g/mol. The number of fused-ring (bicyclic) bond motifs is 1. The number of carbonyl (C=O) groups is 2. The summed E-state index contributed by atoms with van der Waals surface area (Å²) in [4.78, 5) is 38.2. The van der Waals surface area contributed by atoms with Crippen LogP contribution in [-0.4, -0.2) is 42.7 Å². The smallest absolute Gasteiger partial charge is 0.196 e. The molecule has 0 saturated heterocycles. The zero-order valence-electron chi connectivity index (χ0n) is 15.7. The maximum atomic E-state index is 12.8. The van der Waals surface area contributed by atoms with E-state index in [2.05, 4.69) is 0 Å². The molecule has 0 aliphatic rings. The number of aldehydes is 1. The van der Waals surface area contributed by atoms with Crippen molar-refractivity contribution in [2.24, 2.45) is 0 Å². The Balaban J connectivity index is 2.29. The topological polar surface area (TPSA) is 87.8 Å². The van der Waals surface area contributed by atoms with Crippen molar-refractivity contribution in [2.45, 2.75) is 39.5 Å². The van der Waals surface area contributed by atoms with Gasteiger partial charge in [0.05, 0.1) is 10.9 Å². The molecule has 1 aromatic carbocycles. The molecule has 1 heterocycles. The maximum absolute atomic E-state index is 12.8. The minimum absolute atomic E-state index is 0.0217. The molecular formula is C20H25NO5. The standard InChI is InChI=1S/C20H25NO5/c1-12-10-16-19(25)15(8-7-14(23)6-5-9-21(3)4)13(2)26-20(16)17(11-22)18(12)24/h10-11,24H,5-9H2,1-4H3. The molecule has 0 bridgehead atoms. The van der Waals surface area contributed by atoms with Crippen molar-refractivity contribution in [1.82, 2.24) is 4.90 Å². The van der Waals surface area contributed by atoms with Crippen molar-refractivity contribution in [1.29, 1.82) is 0 Å². The van der Waals surface area contributed by atoms with E-state index < -0.39 is 0 Å². The lowest BCUT2D eigenvalue weighted by Crippen LogP contribution is -2.16. The van der Waals surface area contributed by atoms with E-state index in [1.54, 1.807) is 13.8 Å². The molecule has 26 heavy (non-hydrogen) atoms. The number of phenols is 1. The van der Waals surface area contributed by atoms with Crippen molar-refractivity contribution in [3.05, 3.63) is 38.7 Å². The molecule has 1 N–H and O–H groups in total. The fourth-order valence-corrected chi connectivity index (χ4v) is 3.01. The van der Waals surface area contributed by atoms with Gasteiger partial charge in [-0.05, 0) is 59.0 Å². The highest BCUT2D eigenvalue weighted by atomic mass is 16.3. The lowest BCUT2D eigenvalue weighted by Gasteiger charge is -2.11. The Bertz CT molecular complexity index is 895. The van der Waals surface area contributed by atoms with Gasteiger partial charge in [-0.25, -0.2) is 0 Å². The second-order valence-corrected chi connectivity index (χ2v) is 6.86. The van der Waals surface area contributed by atoms with E-state index in [1.165, 1.54) is 6.07 Å². The lowest BCUT2D eigenvalue weighted by molar-refractivity contribution is -0.119. The molecule has 0 amide bonds. The Morgan fingerprint density at radius 3 is 2.58 bits per heavy atom.